The van der Waals surface area contributed by atoms with Gasteiger partial charge in [0.2, 0.25) is 0 Å². The molecule has 7 heteroatoms. The van der Waals surface area contributed by atoms with Crippen LogP contribution in [0.2, 0.25) is 0 Å². The Bertz CT molecular complexity index is 1220. The van der Waals surface area contributed by atoms with Gasteiger partial charge in [-0.2, -0.15) is 5.10 Å². The van der Waals surface area contributed by atoms with Crippen molar-refractivity contribution in [3.63, 3.8) is 0 Å². The number of nitrogens with zero attached hydrogens (tertiary/aromatic N) is 2. The molecule has 0 amide bonds. The maximum absolute atomic E-state index is 13.1. The van der Waals surface area contributed by atoms with Crippen LogP contribution < -0.4 is 5.56 Å². The van der Waals surface area contributed by atoms with Crippen molar-refractivity contribution in [3.05, 3.63) is 63.8 Å². The average Bonchev–Trinajstić information content (AvgIpc) is 3.27. The van der Waals surface area contributed by atoms with Crippen LogP contribution in [0.25, 0.3) is 21.7 Å². The largest absolute Gasteiger partial charge is 0.458 e. The van der Waals surface area contributed by atoms with E-state index in [0.29, 0.717) is 25.0 Å². The molecular formula is C29H36N2O4S. The lowest BCUT2D eigenvalue weighted by Gasteiger charge is -2.28. The number of hydrogen-bond donors (Lipinski definition) is 0. The summed E-state index contributed by atoms with van der Waals surface area (Å²) in [4.78, 5) is 27.2. The smallest absolute Gasteiger partial charge is 0.332 e. The minimum Gasteiger partial charge on any atom is -0.458 e. The quantitative estimate of drug-likeness (QED) is 0.343. The Morgan fingerprint density at radius 2 is 1.75 bits per heavy atom. The fourth-order valence-corrected chi connectivity index (χ4v) is 5.59. The Morgan fingerprint density at radius 3 is 2.39 bits per heavy atom. The molecule has 3 aromatic rings. The highest BCUT2D eigenvalue weighted by atomic mass is 32.1. The standard InChI is InChI=1S/C29H36N2O4S/c1-20-10-15-25(36-20)24-16-26(32)31(30-28(24)23-8-6-5-7-9-23)17-21-11-13-22(14-12-21)18-34-19-27(33)35-29(2,3)4/h5-10,15-16,21-22H,11-14,17-19H2,1-4H3/t21-,22-. The highest BCUT2D eigenvalue weighted by Crippen LogP contribution is 2.34. The second-order valence-electron chi connectivity index (χ2n) is 10.7. The highest BCUT2D eigenvalue weighted by Gasteiger charge is 2.24. The topological polar surface area (TPSA) is 70.4 Å². The number of thiophene rings is 1. The first-order valence-corrected chi connectivity index (χ1v) is 13.5. The number of hydrogen-bond acceptors (Lipinski definition) is 6. The van der Waals surface area contributed by atoms with Gasteiger partial charge in [0.25, 0.3) is 5.56 Å². The Balaban J connectivity index is 1.39. The number of carbonyl (C=O) groups is 1. The molecule has 192 valence electrons. The van der Waals surface area contributed by atoms with Crippen molar-refractivity contribution < 1.29 is 14.3 Å². The third-order valence-electron chi connectivity index (χ3n) is 6.44. The third kappa shape index (κ3) is 7.14. The van der Waals surface area contributed by atoms with Crippen molar-refractivity contribution in [2.45, 2.75) is 65.5 Å². The molecule has 1 aliphatic carbocycles. The maximum atomic E-state index is 13.1. The zero-order valence-electron chi connectivity index (χ0n) is 21.7. The van der Waals surface area contributed by atoms with E-state index in [2.05, 4.69) is 19.1 Å². The number of aromatic nitrogens is 2. The molecule has 1 aliphatic rings. The van der Waals surface area contributed by atoms with Crippen molar-refractivity contribution >= 4 is 17.3 Å². The minimum atomic E-state index is -0.494. The van der Waals surface area contributed by atoms with Crippen molar-refractivity contribution in [1.82, 2.24) is 9.78 Å². The fraction of sp³-hybridized carbons (Fsp3) is 0.483. The minimum absolute atomic E-state index is 0.00507. The Hall–Kier alpha value is -2.77. The van der Waals surface area contributed by atoms with E-state index in [9.17, 15) is 9.59 Å². The van der Waals surface area contributed by atoms with Crippen LogP contribution >= 0.6 is 11.3 Å². The number of benzene rings is 1. The van der Waals surface area contributed by atoms with E-state index in [-0.39, 0.29) is 18.1 Å². The van der Waals surface area contributed by atoms with Gasteiger partial charge in [-0.15, -0.1) is 11.3 Å². The lowest BCUT2D eigenvalue weighted by Crippen LogP contribution is -2.30. The molecule has 0 N–H and O–H groups in total. The van der Waals surface area contributed by atoms with Gasteiger partial charge in [0.1, 0.15) is 12.2 Å². The van der Waals surface area contributed by atoms with E-state index in [1.54, 1.807) is 22.1 Å². The monoisotopic (exact) mass is 508 g/mol. The van der Waals surface area contributed by atoms with Gasteiger partial charge in [-0.1, -0.05) is 30.3 Å². The molecule has 2 heterocycles. The molecule has 0 aliphatic heterocycles. The first-order chi connectivity index (χ1) is 17.2. The van der Waals surface area contributed by atoms with Crippen LogP contribution in [0.15, 0.2) is 53.3 Å². The molecule has 0 radical (unpaired) electrons. The first kappa shape index (κ1) is 26.3. The van der Waals surface area contributed by atoms with Gasteiger partial charge in [0.15, 0.2) is 0 Å². The Morgan fingerprint density at radius 1 is 1.06 bits per heavy atom. The lowest BCUT2D eigenvalue weighted by molar-refractivity contribution is -0.160. The summed E-state index contributed by atoms with van der Waals surface area (Å²) >= 11 is 1.68. The molecule has 0 unspecified atom stereocenters. The third-order valence-corrected chi connectivity index (χ3v) is 7.48. The molecular weight excluding hydrogens is 472 g/mol. The van der Waals surface area contributed by atoms with Crippen LogP contribution in [0, 0.1) is 18.8 Å². The van der Waals surface area contributed by atoms with Gasteiger partial charge < -0.3 is 9.47 Å². The van der Waals surface area contributed by atoms with Crippen LogP contribution in [0.3, 0.4) is 0 Å². The van der Waals surface area contributed by atoms with Gasteiger partial charge in [0.05, 0.1) is 12.3 Å². The van der Waals surface area contributed by atoms with E-state index in [4.69, 9.17) is 14.6 Å². The molecule has 4 rings (SSSR count). The van der Waals surface area contributed by atoms with E-state index < -0.39 is 5.60 Å². The summed E-state index contributed by atoms with van der Waals surface area (Å²) in [6.07, 6.45) is 4.07. The van der Waals surface area contributed by atoms with Crippen LogP contribution in [-0.2, 0) is 20.8 Å². The molecule has 0 bridgehead atoms. The summed E-state index contributed by atoms with van der Waals surface area (Å²) in [6.45, 7) is 8.81. The predicted molar refractivity (Wildman–Crippen MR) is 144 cm³/mol. The van der Waals surface area contributed by atoms with Gasteiger partial charge in [0, 0.05) is 33.5 Å². The molecule has 0 saturated heterocycles. The molecule has 0 atom stereocenters. The molecule has 2 aromatic heterocycles. The van der Waals surface area contributed by atoms with Gasteiger partial charge in [-0.3, -0.25) is 4.79 Å². The number of rotatable bonds is 8. The summed E-state index contributed by atoms with van der Waals surface area (Å²) in [7, 11) is 0. The predicted octanol–water partition coefficient (Wildman–Crippen LogP) is 6.11. The van der Waals surface area contributed by atoms with Crippen LogP contribution in [0.4, 0.5) is 0 Å². The fourth-order valence-electron chi connectivity index (χ4n) is 4.70. The second-order valence-corrected chi connectivity index (χ2v) is 12.0. The molecule has 6 nitrogen and oxygen atoms in total. The zero-order chi connectivity index (χ0) is 25.7. The van der Waals surface area contributed by atoms with Gasteiger partial charge >= 0.3 is 5.97 Å². The molecule has 0 spiro atoms. The van der Waals surface area contributed by atoms with Crippen molar-refractivity contribution in [1.29, 1.82) is 0 Å². The van der Waals surface area contributed by atoms with Crippen LogP contribution in [0.5, 0.6) is 0 Å². The number of aryl methyl sites for hydroxylation is 1. The van der Waals surface area contributed by atoms with Crippen LogP contribution in [-0.4, -0.2) is 34.6 Å². The van der Waals surface area contributed by atoms with E-state index in [1.807, 2.05) is 51.1 Å². The first-order valence-electron chi connectivity index (χ1n) is 12.7. The SMILES string of the molecule is Cc1ccc(-c2cc(=O)n(C[C@H]3CC[C@H](COCC(=O)OC(C)(C)C)CC3)nc2-c2ccccc2)s1. The van der Waals surface area contributed by atoms with E-state index >= 15 is 0 Å². The number of ether oxygens (including phenoxy) is 2. The molecule has 1 aromatic carbocycles. The van der Waals surface area contributed by atoms with E-state index in [1.165, 1.54) is 4.88 Å². The van der Waals surface area contributed by atoms with Crippen molar-refractivity contribution in [3.8, 4) is 21.7 Å². The number of carbonyl (C=O) groups excluding carboxylic acids is 1. The highest BCUT2D eigenvalue weighted by molar-refractivity contribution is 7.15. The zero-order valence-corrected chi connectivity index (χ0v) is 22.5. The summed E-state index contributed by atoms with van der Waals surface area (Å²) in [5, 5.41) is 4.87. The summed E-state index contributed by atoms with van der Waals surface area (Å²) in [5.41, 5.74) is 2.20. The van der Waals surface area contributed by atoms with Crippen LogP contribution in [0.1, 0.15) is 51.3 Å². The van der Waals surface area contributed by atoms with Crippen molar-refractivity contribution in [2.24, 2.45) is 11.8 Å². The van der Waals surface area contributed by atoms with Crippen molar-refractivity contribution in [2.75, 3.05) is 13.2 Å². The Kier molecular flexibility index (Phi) is 8.42. The molecule has 36 heavy (non-hydrogen) atoms. The van der Waals surface area contributed by atoms with Gasteiger partial charge in [-0.05, 0) is 77.3 Å². The normalized spacial score (nSPS) is 18.2. The lowest BCUT2D eigenvalue weighted by atomic mass is 9.82. The second kappa shape index (κ2) is 11.5. The summed E-state index contributed by atoms with van der Waals surface area (Å²) in [5.74, 6) is 0.505. The average molecular weight is 509 g/mol. The summed E-state index contributed by atoms with van der Waals surface area (Å²) < 4.78 is 12.6. The number of esters is 1. The Labute approximate surface area is 217 Å². The summed E-state index contributed by atoms with van der Waals surface area (Å²) in [6, 6.07) is 16.0. The molecule has 1 saturated carbocycles. The maximum Gasteiger partial charge on any atom is 0.332 e. The molecule has 1 fully saturated rings. The van der Waals surface area contributed by atoms with E-state index in [0.717, 1.165) is 47.4 Å². The van der Waals surface area contributed by atoms with Gasteiger partial charge in [-0.25, -0.2) is 9.48 Å².